The van der Waals surface area contributed by atoms with Gasteiger partial charge < -0.3 is 14.6 Å². The van der Waals surface area contributed by atoms with Crippen molar-refractivity contribution in [2.24, 2.45) is 0 Å². The smallest absolute Gasteiger partial charge is 0.254 e. The molecule has 1 aromatic carbocycles. The van der Waals surface area contributed by atoms with E-state index in [0.29, 0.717) is 25.1 Å². The van der Waals surface area contributed by atoms with E-state index in [1.807, 2.05) is 6.92 Å². The van der Waals surface area contributed by atoms with Crippen molar-refractivity contribution in [1.82, 2.24) is 4.57 Å². The molecule has 2 aromatic rings. The van der Waals surface area contributed by atoms with Crippen molar-refractivity contribution in [3.63, 3.8) is 0 Å². The maximum Gasteiger partial charge on any atom is 0.254 e. The summed E-state index contributed by atoms with van der Waals surface area (Å²) in [4.78, 5) is 13.0. The Morgan fingerprint density at radius 3 is 2.63 bits per heavy atom. The summed E-state index contributed by atoms with van der Waals surface area (Å²) >= 11 is 0. The molecule has 6 nitrogen and oxygen atoms in total. The number of benzene rings is 1. The molecule has 0 bridgehead atoms. The van der Waals surface area contributed by atoms with Crippen molar-refractivity contribution in [2.45, 2.75) is 49.1 Å². The van der Waals surface area contributed by atoms with Crippen LogP contribution in [0.2, 0.25) is 0 Å². The van der Waals surface area contributed by atoms with Crippen LogP contribution in [0.25, 0.3) is 0 Å². The van der Waals surface area contributed by atoms with Crippen LogP contribution in [0.4, 0.5) is 5.82 Å². The fraction of sp³-hybridized carbons (Fsp3) is 0.350. The number of ether oxygens (including phenoxy) is 1. The number of aromatic nitrogens is 1. The number of allylic oxidation sites excluding steroid dienone is 1. The van der Waals surface area contributed by atoms with Gasteiger partial charge in [0.1, 0.15) is 16.8 Å². The average molecular weight is 388 g/mol. The summed E-state index contributed by atoms with van der Waals surface area (Å²) < 4.78 is 33.9. The van der Waals surface area contributed by atoms with Crippen molar-refractivity contribution in [3.8, 4) is 0 Å². The molecule has 0 aliphatic carbocycles. The molecule has 27 heavy (non-hydrogen) atoms. The van der Waals surface area contributed by atoms with E-state index in [1.165, 1.54) is 0 Å². The summed E-state index contributed by atoms with van der Waals surface area (Å²) in [5.41, 5.74) is 1.38. The Kier molecular flexibility index (Phi) is 5.53. The SMILES string of the molecule is C=CCn1c(C)c(C)c(S(=O)(=O)c2ccccc2)c1NC(=O)C1CCCO1. The molecule has 1 aromatic heterocycles. The molecule has 0 saturated carbocycles. The minimum Gasteiger partial charge on any atom is -0.368 e. The summed E-state index contributed by atoms with van der Waals surface area (Å²) in [5.74, 6) is -0.0472. The molecular weight excluding hydrogens is 364 g/mol. The number of nitrogens with one attached hydrogen (secondary N) is 1. The van der Waals surface area contributed by atoms with Crippen LogP contribution in [0.15, 0.2) is 52.8 Å². The Bertz CT molecular complexity index is 956. The molecule has 1 amide bonds. The summed E-state index contributed by atoms with van der Waals surface area (Å²) in [7, 11) is -3.80. The predicted molar refractivity (Wildman–Crippen MR) is 104 cm³/mol. The lowest BCUT2D eigenvalue weighted by Gasteiger charge is -2.15. The largest absolute Gasteiger partial charge is 0.368 e. The summed E-state index contributed by atoms with van der Waals surface area (Å²) in [5, 5.41) is 2.82. The molecule has 1 saturated heterocycles. The van der Waals surface area contributed by atoms with E-state index in [0.717, 1.165) is 12.1 Å². The Morgan fingerprint density at radius 1 is 1.33 bits per heavy atom. The number of hydrogen-bond donors (Lipinski definition) is 1. The van der Waals surface area contributed by atoms with Gasteiger partial charge in [-0.05, 0) is 44.4 Å². The first-order valence-electron chi connectivity index (χ1n) is 8.91. The zero-order valence-electron chi connectivity index (χ0n) is 15.6. The van der Waals surface area contributed by atoms with Crippen LogP contribution in [0.1, 0.15) is 24.1 Å². The average Bonchev–Trinajstić information content (AvgIpc) is 3.27. The van der Waals surface area contributed by atoms with Crippen LogP contribution < -0.4 is 5.32 Å². The lowest BCUT2D eigenvalue weighted by Crippen LogP contribution is -2.28. The molecule has 1 unspecified atom stereocenters. The molecule has 1 fully saturated rings. The van der Waals surface area contributed by atoms with Gasteiger partial charge >= 0.3 is 0 Å². The van der Waals surface area contributed by atoms with Gasteiger partial charge in [0, 0.05) is 18.8 Å². The normalized spacial score (nSPS) is 17.0. The lowest BCUT2D eigenvalue weighted by molar-refractivity contribution is -0.124. The lowest BCUT2D eigenvalue weighted by atomic mass is 10.2. The molecule has 3 rings (SSSR count). The first-order valence-corrected chi connectivity index (χ1v) is 10.4. The summed E-state index contributed by atoms with van der Waals surface area (Å²) in [6.45, 7) is 8.27. The Balaban J connectivity index is 2.14. The zero-order valence-corrected chi connectivity index (χ0v) is 16.4. The van der Waals surface area contributed by atoms with Gasteiger partial charge in [-0.15, -0.1) is 6.58 Å². The van der Waals surface area contributed by atoms with Gasteiger partial charge in [0.25, 0.3) is 5.91 Å². The molecule has 144 valence electrons. The number of sulfone groups is 1. The number of hydrogen-bond acceptors (Lipinski definition) is 4. The van der Waals surface area contributed by atoms with E-state index >= 15 is 0 Å². The number of carbonyl (C=O) groups excluding carboxylic acids is 1. The van der Waals surface area contributed by atoms with Gasteiger partial charge in [0.05, 0.1) is 4.90 Å². The third-order valence-electron chi connectivity index (χ3n) is 4.87. The maximum atomic E-state index is 13.3. The second kappa shape index (κ2) is 7.70. The van der Waals surface area contributed by atoms with E-state index < -0.39 is 15.9 Å². The Morgan fingerprint density at radius 2 is 2.04 bits per heavy atom. The van der Waals surface area contributed by atoms with Crippen molar-refractivity contribution in [3.05, 3.63) is 54.2 Å². The highest BCUT2D eigenvalue weighted by Gasteiger charge is 2.32. The van der Waals surface area contributed by atoms with Gasteiger partial charge in [-0.1, -0.05) is 24.3 Å². The van der Waals surface area contributed by atoms with Crippen LogP contribution in [-0.4, -0.2) is 31.6 Å². The van der Waals surface area contributed by atoms with Crippen LogP contribution in [-0.2, 0) is 25.9 Å². The van der Waals surface area contributed by atoms with Gasteiger partial charge in [0.15, 0.2) is 0 Å². The zero-order chi connectivity index (χ0) is 19.6. The van der Waals surface area contributed by atoms with Gasteiger partial charge in [-0.25, -0.2) is 8.42 Å². The molecule has 0 radical (unpaired) electrons. The van der Waals surface area contributed by atoms with Crippen molar-refractivity contribution in [1.29, 1.82) is 0 Å². The molecule has 1 aliphatic heterocycles. The van der Waals surface area contributed by atoms with Gasteiger partial charge in [-0.2, -0.15) is 0 Å². The molecule has 2 heterocycles. The van der Waals surface area contributed by atoms with E-state index in [4.69, 9.17) is 4.74 Å². The van der Waals surface area contributed by atoms with Crippen molar-refractivity contribution in [2.75, 3.05) is 11.9 Å². The van der Waals surface area contributed by atoms with Crippen LogP contribution >= 0.6 is 0 Å². The fourth-order valence-electron chi connectivity index (χ4n) is 3.34. The van der Waals surface area contributed by atoms with E-state index in [2.05, 4.69) is 11.9 Å². The highest BCUT2D eigenvalue weighted by Crippen LogP contribution is 2.35. The van der Waals surface area contributed by atoms with Crippen LogP contribution in [0, 0.1) is 13.8 Å². The van der Waals surface area contributed by atoms with Gasteiger partial charge in [-0.3, -0.25) is 4.79 Å². The Hall–Kier alpha value is -2.38. The van der Waals surface area contributed by atoms with E-state index in [1.54, 1.807) is 47.9 Å². The molecule has 1 aliphatic rings. The van der Waals surface area contributed by atoms with Gasteiger partial charge in [0.2, 0.25) is 9.84 Å². The van der Waals surface area contributed by atoms with Crippen LogP contribution in [0.5, 0.6) is 0 Å². The van der Waals surface area contributed by atoms with Crippen LogP contribution in [0.3, 0.4) is 0 Å². The maximum absolute atomic E-state index is 13.3. The number of amides is 1. The number of carbonyl (C=O) groups is 1. The van der Waals surface area contributed by atoms with Crippen molar-refractivity contribution >= 4 is 21.6 Å². The third-order valence-corrected chi connectivity index (χ3v) is 6.80. The Labute approximate surface area is 159 Å². The molecule has 1 N–H and O–H groups in total. The number of anilines is 1. The van der Waals surface area contributed by atoms with E-state index in [9.17, 15) is 13.2 Å². The quantitative estimate of drug-likeness (QED) is 0.771. The fourth-order valence-corrected chi connectivity index (χ4v) is 5.06. The first kappa shape index (κ1) is 19.4. The topological polar surface area (TPSA) is 77.4 Å². The molecule has 7 heteroatoms. The second-order valence-corrected chi connectivity index (χ2v) is 8.48. The second-order valence-electron chi connectivity index (χ2n) is 6.59. The van der Waals surface area contributed by atoms with Crippen molar-refractivity contribution < 1.29 is 17.9 Å². The number of rotatable bonds is 6. The third kappa shape index (κ3) is 3.57. The molecule has 0 spiro atoms. The summed E-state index contributed by atoms with van der Waals surface area (Å²) in [6.07, 6.45) is 2.57. The number of nitrogens with zero attached hydrogens (tertiary/aromatic N) is 1. The highest BCUT2D eigenvalue weighted by molar-refractivity contribution is 7.91. The molecule has 1 atom stereocenters. The minimum absolute atomic E-state index is 0.124. The predicted octanol–water partition coefficient (Wildman–Crippen LogP) is 3.24. The summed E-state index contributed by atoms with van der Waals surface area (Å²) in [6, 6.07) is 8.24. The van der Waals surface area contributed by atoms with E-state index in [-0.39, 0.29) is 21.5 Å². The highest BCUT2D eigenvalue weighted by atomic mass is 32.2. The minimum atomic E-state index is -3.80. The standard InChI is InChI=1S/C20H24N2O4S/c1-4-12-22-15(3)14(2)18(27(24,25)16-9-6-5-7-10-16)19(22)21-20(23)17-11-8-13-26-17/h4-7,9-10,17H,1,8,11-13H2,2-3H3,(H,21,23). The monoisotopic (exact) mass is 388 g/mol. The molecular formula is C20H24N2O4S. The first-order chi connectivity index (χ1) is 12.9.